The van der Waals surface area contributed by atoms with Crippen molar-refractivity contribution in [2.24, 2.45) is 0 Å². The van der Waals surface area contributed by atoms with Gasteiger partial charge in [0.1, 0.15) is 5.75 Å². The maximum absolute atomic E-state index is 13.7. The van der Waals surface area contributed by atoms with E-state index in [0.717, 1.165) is 17.1 Å². The Morgan fingerprint density at radius 1 is 1.45 bits per heavy atom. The van der Waals surface area contributed by atoms with Gasteiger partial charge in [0.15, 0.2) is 0 Å². The molecule has 1 aromatic heterocycles. The Labute approximate surface area is 129 Å². The molecule has 0 atom stereocenters. The van der Waals surface area contributed by atoms with Crippen LogP contribution in [0.5, 0.6) is 11.6 Å². The van der Waals surface area contributed by atoms with E-state index in [1.54, 1.807) is 18.2 Å². The molecule has 7 heteroatoms. The van der Waals surface area contributed by atoms with Gasteiger partial charge < -0.3 is 10.1 Å². The minimum absolute atomic E-state index is 0.168. The van der Waals surface area contributed by atoms with Crippen molar-refractivity contribution in [2.45, 2.75) is 13.3 Å². The fraction of sp³-hybridized carbons (Fsp3) is 0.231. The lowest BCUT2D eigenvalue weighted by molar-refractivity contribution is 0.420. The number of hydrogen-bond donors (Lipinski definition) is 1. The average molecular weight is 361 g/mol. The molecule has 0 saturated heterocycles. The summed E-state index contributed by atoms with van der Waals surface area (Å²) < 4.78 is 19.9. The van der Waals surface area contributed by atoms with Crippen LogP contribution in [0.3, 0.4) is 0 Å². The van der Waals surface area contributed by atoms with Gasteiger partial charge in [-0.2, -0.15) is 9.37 Å². The van der Waals surface area contributed by atoms with Crippen molar-refractivity contribution in [1.29, 1.82) is 0 Å². The number of nitrogens with one attached hydrogen (secondary N) is 1. The van der Waals surface area contributed by atoms with Crippen LogP contribution >= 0.6 is 27.5 Å². The van der Waals surface area contributed by atoms with E-state index in [1.165, 1.54) is 0 Å². The van der Waals surface area contributed by atoms with Gasteiger partial charge >= 0.3 is 0 Å². The summed E-state index contributed by atoms with van der Waals surface area (Å²) in [5.41, 5.74) is 0. The Bertz CT molecular complexity index is 612. The zero-order valence-corrected chi connectivity index (χ0v) is 13.0. The van der Waals surface area contributed by atoms with Gasteiger partial charge in [-0.25, -0.2) is 4.98 Å². The fourth-order valence-corrected chi connectivity index (χ4v) is 1.90. The van der Waals surface area contributed by atoms with Crippen LogP contribution in [-0.2, 0) is 0 Å². The molecule has 106 valence electrons. The molecule has 0 bridgehead atoms. The molecule has 1 aromatic carbocycles. The Kier molecular flexibility index (Phi) is 5.14. The highest BCUT2D eigenvalue weighted by molar-refractivity contribution is 9.10. The van der Waals surface area contributed by atoms with E-state index in [1.807, 2.05) is 6.92 Å². The van der Waals surface area contributed by atoms with Crippen molar-refractivity contribution in [1.82, 2.24) is 9.97 Å². The number of halogens is 3. The van der Waals surface area contributed by atoms with Crippen molar-refractivity contribution in [3.05, 3.63) is 39.7 Å². The van der Waals surface area contributed by atoms with Crippen LogP contribution in [-0.4, -0.2) is 16.5 Å². The molecule has 2 rings (SSSR count). The van der Waals surface area contributed by atoms with Crippen molar-refractivity contribution in [2.75, 3.05) is 11.9 Å². The summed E-state index contributed by atoms with van der Waals surface area (Å²) in [6, 6.07) is 5.05. The summed E-state index contributed by atoms with van der Waals surface area (Å²) >= 11 is 9.29. The number of ether oxygens (including phenoxy) is 1. The SMILES string of the molecule is CCCNc1ncc(F)c(Oc2cc(Br)ccc2Cl)n1. The highest BCUT2D eigenvalue weighted by atomic mass is 79.9. The third kappa shape index (κ3) is 3.80. The van der Waals surface area contributed by atoms with Crippen molar-refractivity contribution in [3.63, 3.8) is 0 Å². The lowest BCUT2D eigenvalue weighted by Crippen LogP contribution is -2.05. The van der Waals surface area contributed by atoms with Crippen LogP contribution in [0.1, 0.15) is 13.3 Å². The number of rotatable bonds is 5. The molecule has 20 heavy (non-hydrogen) atoms. The molecule has 1 N–H and O–H groups in total. The molecule has 1 heterocycles. The second-order valence-corrected chi connectivity index (χ2v) is 5.27. The van der Waals surface area contributed by atoms with Crippen molar-refractivity contribution in [3.8, 4) is 11.6 Å². The van der Waals surface area contributed by atoms with E-state index < -0.39 is 5.82 Å². The largest absolute Gasteiger partial charge is 0.435 e. The molecular weight excluding hydrogens is 349 g/mol. The van der Waals surface area contributed by atoms with E-state index in [9.17, 15) is 4.39 Å². The quantitative estimate of drug-likeness (QED) is 0.843. The molecule has 0 radical (unpaired) electrons. The summed E-state index contributed by atoms with van der Waals surface area (Å²) in [6.45, 7) is 2.71. The third-order valence-corrected chi connectivity index (χ3v) is 3.15. The van der Waals surface area contributed by atoms with Gasteiger partial charge in [0, 0.05) is 11.0 Å². The van der Waals surface area contributed by atoms with Crippen molar-refractivity contribution < 1.29 is 9.13 Å². The molecule has 0 amide bonds. The lowest BCUT2D eigenvalue weighted by Gasteiger charge is -2.09. The van der Waals surface area contributed by atoms with Crippen LogP contribution in [0.15, 0.2) is 28.9 Å². The van der Waals surface area contributed by atoms with Gasteiger partial charge in [0.05, 0.1) is 11.2 Å². The average Bonchev–Trinajstić information content (AvgIpc) is 2.43. The van der Waals surface area contributed by atoms with Crippen LogP contribution in [0.4, 0.5) is 10.3 Å². The summed E-state index contributed by atoms with van der Waals surface area (Å²) in [4.78, 5) is 7.82. The first-order valence-electron chi connectivity index (χ1n) is 5.99. The zero-order valence-electron chi connectivity index (χ0n) is 10.7. The maximum Gasteiger partial charge on any atom is 0.260 e. The van der Waals surface area contributed by atoms with Crippen LogP contribution in [0.25, 0.3) is 0 Å². The fourth-order valence-electron chi connectivity index (χ4n) is 1.40. The molecular formula is C13H12BrClFN3O. The summed E-state index contributed by atoms with van der Waals surface area (Å²) in [5, 5.41) is 3.33. The second kappa shape index (κ2) is 6.85. The van der Waals surface area contributed by atoms with E-state index in [2.05, 4.69) is 31.2 Å². The monoisotopic (exact) mass is 359 g/mol. The first-order valence-corrected chi connectivity index (χ1v) is 7.16. The Morgan fingerprint density at radius 2 is 2.25 bits per heavy atom. The topological polar surface area (TPSA) is 47.0 Å². The summed E-state index contributed by atoms with van der Waals surface area (Å²) in [5.74, 6) is -0.184. The summed E-state index contributed by atoms with van der Waals surface area (Å²) in [6.07, 6.45) is 1.97. The second-order valence-electron chi connectivity index (χ2n) is 3.95. The highest BCUT2D eigenvalue weighted by Gasteiger charge is 2.11. The molecule has 4 nitrogen and oxygen atoms in total. The van der Waals surface area contributed by atoms with Gasteiger partial charge in [0.25, 0.3) is 5.88 Å². The van der Waals surface area contributed by atoms with E-state index in [0.29, 0.717) is 23.3 Å². The first kappa shape index (κ1) is 15.0. The Morgan fingerprint density at radius 3 is 3.00 bits per heavy atom. The molecule has 0 saturated carbocycles. The minimum Gasteiger partial charge on any atom is -0.435 e. The van der Waals surface area contributed by atoms with Gasteiger partial charge in [-0.05, 0) is 24.6 Å². The predicted octanol–water partition coefficient (Wildman–Crippen LogP) is 4.65. The van der Waals surface area contributed by atoms with Gasteiger partial charge in [0.2, 0.25) is 11.8 Å². The lowest BCUT2D eigenvalue weighted by atomic mass is 10.3. The normalized spacial score (nSPS) is 10.4. The van der Waals surface area contributed by atoms with Gasteiger partial charge in [-0.15, -0.1) is 0 Å². The van der Waals surface area contributed by atoms with Crippen molar-refractivity contribution >= 4 is 33.5 Å². The first-order chi connectivity index (χ1) is 9.60. The number of benzene rings is 1. The smallest absolute Gasteiger partial charge is 0.260 e. The Balaban J connectivity index is 2.25. The Hall–Kier alpha value is -1.40. The van der Waals surface area contributed by atoms with E-state index in [4.69, 9.17) is 16.3 Å². The van der Waals surface area contributed by atoms with Crippen LogP contribution < -0.4 is 10.1 Å². The van der Waals surface area contributed by atoms with Crippen LogP contribution in [0, 0.1) is 5.82 Å². The highest BCUT2D eigenvalue weighted by Crippen LogP contribution is 2.32. The minimum atomic E-state index is -0.650. The summed E-state index contributed by atoms with van der Waals surface area (Å²) in [7, 11) is 0. The molecule has 0 aliphatic rings. The van der Waals surface area contributed by atoms with E-state index in [-0.39, 0.29) is 5.88 Å². The third-order valence-electron chi connectivity index (χ3n) is 2.34. The molecule has 0 aliphatic carbocycles. The van der Waals surface area contributed by atoms with Crippen LogP contribution in [0.2, 0.25) is 5.02 Å². The number of hydrogen-bond acceptors (Lipinski definition) is 4. The molecule has 2 aromatic rings. The number of anilines is 1. The van der Waals surface area contributed by atoms with Gasteiger partial charge in [-0.1, -0.05) is 34.5 Å². The van der Waals surface area contributed by atoms with E-state index >= 15 is 0 Å². The molecule has 0 unspecified atom stereocenters. The molecule has 0 aliphatic heterocycles. The predicted molar refractivity (Wildman–Crippen MR) is 80.0 cm³/mol. The maximum atomic E-state index is 13.7. The number of aromatic nitrogens is 2. The molecule has 0 fully saturated rings. The zero-order chi connectivity index (χ0) is 14.5. The standard InChI is InChI=1S/C13H12BrClFN3O/c1-2-5-17-13-18-7-10(16)12(19-13)20-11-6-8(14)3-4-9(11)15/h3-4,6-7H,2,5H2,1H3,(H,17,18,19). The number of nitrogens with zero attached hydrogens (tertiary/aromatic N) is 2. The molecule has 0 spiro atoms. The van der Waals surface area contributed by atoms with Gasteiger partial charge in [-0.3, -0.25) is 0 Å².